The topological polar surface area (TPSA) is 50.8 Å². The molecule has 1 atom stereocenters. The lowest BCUT2D eigenvalue weighted by Gasteiger charge is -2.31. The summed E-state index contributed by atoms with van der Waals surface area (Å²) in [7, 11) is 3.38. The maximum Gasteiger partial charge on any atom is 0.234 e. The smallest absolute Gasteiger partial charge is 0.234 e. The van der Waals surface area contributed by atoms with Crippen molar-refractivity contribution in [2.45, 2.75) is 19.4 Å². The van der Waals surface area contributed by atoms with Crippen molar-refractivity contribution in [2.75, 3.05) is 40.5 Å². The van der Waals surface area contributed by atoms with E-state index in [0.717, 1.165) is 37.4 Å². The second-order valence-electron chi connectivity index (χ2n) is 5.79. The standard InChI is InChI=1S/C17H26N2O3/c1-21-13-14-6-5-9-19(11-14)12-17(20)18-10-15-7-3-4-8-16(15)22-2/h3-4,7-8,14H,5-6,9-13H2,1-2H3,(H,18,20)/t14-/m0/s1. The molecule has 0 saturated carbocycles. The summed E-state index contributed by atoms with van der Waals surface area (Å²) in [5, 5.41) is 2.98. The molecular weight excluding hydrogens is 280 g/mol. The van der Waals surface area contributed by atoms with Gasteiger partial charge in [0.1, 0.15) is 5.75 Å². The van der Waals surface area contributed by atoms with E-state index in [-0.39, 0.29) is 5.91 Å². The molecule has 1 amide bonds. The monoisotopic (exact) mass is 306 g/mol. The van der Waals surface area contributed by atoms with E-state index in [9.17, 15) is 4.79 Å². The first-order valence-corrected chi connectivity index (χ1v) is 7.82. The highest BCUT2D eigenvalue weighted by Gasteiger charge is 2.21. The molecule has 1 aromatic rings. The number of likely N-dealkylation sites (tertiary alicyclic amines) is 1. The van der Waals surface area contributed by atoms with Crippen molar-refractivity contribution in [3.05, 3.63) is 29.8 Å². The number of benzene rings is 1. The van der Waals surface area contributed by atoms with Crippen LogP contribution < -0.4 is 10.1 Å². The molecule has 0 unspecified atom stereocenters. The van der Waals surface area contributed by atoms with E-state index >= 15 is 0 Å². The van der Waals surface area contributed by atoms with Gasteiger partial charge in [-0.3, -0.25) is 9.69 Å². The second-order valence-corrected chi connectivity index (χ2v) is 5.79. The largest absolute Gasteiger partial charge is 0.496 e. The van der Waals surface area contributed by atoms with Gasteiger partial charge in [-0.1, -0.05) is 18.2 Å². The molecule has 0 bridgehead atoms. The van der Waals surface area contributed by atoms with Gasteiger partial charge in [0.2, 0.25) is 5.91 Å². The minimum Gasteiger partial charge on any atom is -0.496 e. The highest BCUT2D eigenvalue weighted by molar-refractivity contribution is 5.78. The molecular formula is C17H26N2O3. The average molecular weight is 306 g/mol. The first kappa shape index (κ1) is 16.8. The Morgan fingerprint density at radius 3 is 2.95 bits per heavy atom. The van der Waals surface area contributed by atoms with Crippen molar-refractivity contribution in [1.29, 1.82) is 0 Å². The molecule has 5 nitrogen and oxygen atoms in total. The Balaban J connectivity index is 1.78. The Hall–Kier alpha value is -1.59. The van der Waals surface area contributed by atoms with Gasteiger partial charge in [0.15, 0.2) is 0 Å². The Morgan fingerprint density at radius 1 is 1.36 bits per heavy atom. The molecule has 0 aliphatic carbocycles. The van der Waals surface area contributed by atoms with Crippen LogP contribution in [0.1, 0.15) is 18.4 Å². The molecule has 2 rings (SSSR count). The van der Waals surface area contributed by atoms with E-state index in [0.29, 0.717) is 19.0 Å². The second kappa shape index (κ2) is 8.76. The third-order valence-corrected chi connectivity index (χ3v) is 4.04. The molecule has 1 heterocycles. The fourth-order valence-corrected chi connectivity index (χ4v) is 2.97. The number of nitrogens with zero attached hydrogens (tertiary/aromatic N) is 1. The number of nitrogens with one attached hydrogen (secondary N) is 1. The number of ether oxygens (including phenoxy) is 2. The number of carbonyl (C=O) groups excluding carboxylic acids is 1. The number of hydrogen-bond acceptors (Lipinski definition) is 4. The summed E-state index contributed by atoms with van der Waals surface area (Å²) in [5.41, 5.74) is 0.995. The highest BCUT2D eigenvalue weighted by atomic mass is 16.5. The van der Waals surface area contributed by atoms with Crippen LogP contribution in [-0.2, 0) is 16.1 Å². The molecule has 1 aromatic carbocycles. The van der Waals surface area contributed by atoms with E-state index in [1.165, 1.54) is 6.42 Å². The molecule has 1 aliphatic heterocycles. The van der Waals surface area contributed by atoms with Crippen LogP contribution >= 0.6 is 0 Å². The molecule has 1 N–H and O–H groups in total. The SMILES string of the molecule is COC[C@H]1CCCN(CC(=O)NCc2ccccc2OC)C1. The summed E-state index contributed by atoms with van der Waals surface area (Å²) < 4.78 is 10.5. The molecule has 1 fully saturated rings. The summed E-state index contributed by atoms with van der Waals surface area (Å²) in [6.45, 7) is 3.66. The van der Waals surface area contributed by atoms with E-state index in [4.69, 9.17) is 9.47 Å². The summed E-state index contributed by atoms with van der Waals surface area (Å²) in [6.07, 6.45) is 2.32. The third-order valence-electron chi connectivity index (χ3n) is 4.04. The van der Waals surface area contributed by atoms with Crippen LogP contribution in [-0.4, -0.2) is 51.3 Å². The van der Waals surface area contributed by atoms with E-state index < -0.39 is 0 Å². The third kappa shape index (κ3) is 5.00. The van der Waals surface area contributed by atoms with Crippen LogP contribution in [0.3, 0.4) is 0 Å². The number of hydrogen-bond donors (Lipinski definition) is 1. The predicted octanol–water partition coefficient (Wildman–Crippen LogP) is 1.67. The highest BCUT2D eigenvalue weighted by Crippen LogP contribution is 2.17. The van der Waals surface area contributed by atoms with Gasteiger partial charge in [-0.05, 0) is 31.4 Å². The van der Waals surface area contributed by atoms with Gasteiger partial charge in [0.05, 0.1) is 20.3 Å². The van der Waals surface area contributed by atoms with Gasteiger partial charge in [0, 0.05) is 25.8 Å². The van der Waals surface area contributed by atoms with Crippen LogP contribution in [0.2, 0.25) is 0 Å². The zero-order valence-electron chi connectivity index (χ0n) is 13.5. The van der Waals surface area contributed by atoms with Crippen molar-refractivity contribution >= 4 is 5.91 Å². The van der Waals surface area contributed by atoms with Crippen molar-refractivity contribution < 1.29 is 14.3 Å². The van der Waals surface area contributed by atoms with Crippen LogP contribution in [0.15, 0.2) is 24.3 Å². The lowest BCUT2D eigenvalue weighted by Crippen LogP contribution is -2.43. The van der Waals surface area contributed by atoms with Crippen LogP contribution in [0, 0.1) is 5.92 Å². The van der Waals surface area contributed by atoms with Crippen molar-refractivity contribution in [1.82, 2.24) is 10.2 Å². The van der Waals surface area contributed by atoms with E-state index in [1.54, 1.807) is 14.2 Å². The van der Waals surface area contributed by atoms with Gasteiger partial charge in [-0.25, -0.2) is 0 Å². The minimum absolute atomic E-state index is 0.0592. The quantitative estimate of drug-likeness (QED) is 0.832. The molecule has 0 spiro atoms. The Bertz CT molecular complexity index is 477. The van der Waals surface area contributed by atoms with Gasteiger partial charge < -0.3 is 14.8 Å². The number of amides is 1. The maximum absolute atomic E-state index is 12.1. The molecule has 122 valence electrons. The Kier molecular flexibility index (Phi) is 6.68. The van der Waals surface area contributed by atoms with Crippen molar-refractivity contribution in [3.8, 4) is 5.75 Å². The van der Waals surface area contributed by atoms with Crippen molar-refractivity contribution in [2.24, 2.45) is 5.92 Å². The Labute approximate surface area is 132 Å². The number of para-hydroxylation sites is 1. The Morgan fingerprint density at radius 2 is 2.18 bits per heavy atom. The fraction of sp³-hybridized carbons (Fsp3) is 0.588. The maximum atomic E-state index is 12.1. The zero-order valence-corrected chi connectivity index (χ0v) is 13.5. The average Bonchev–Trinajstić information content (AvgIpc) is 2.54. The zero-order chi connectivity index (χ0) is 15.8. The summed E-state index contributed by atoms with van der Waals surface area (Å²) in [6, 6.07) is 7.74. The number of methoxy groups -OCH3 is 2. The number of carbonyl (C=O) groups is 1. The van der Waals surface area contributed by atoms with Gasteiger partial charge >= 0.3 is 0 Å². The van der Waals surface area contributed by atoms with E-state index in [2.05, 4.69) is 10.2 Å². The first-order valence-electron chi connectivity index (χ1n) is 7.82. The lowest BCUT2D eigenvalue weighted by molar-refractivity contribution is -0.122. The van der Waals surface area contributed by atoms with Gasteiger partial charge in [-0.2, -0.15) is 0 Å². The molecule has 0 radical (unpaired) electrons. The van der Waals surface area contributed by atoms with Crippen molar-refractivity contribution in [3.63, 3.8) is 0 Å². The van der Waals surface area contributed by atoms with Crippen LogP contribution in [0.5, 0.6) is 5.75 Å². The molecule has 1 aliphatic rings. The number of rotatable bonds is 7. The van der Waals surface area contributed by atoms with Gasteiger partial charge in [-0.15, -0.1) is 0 Å². The normalized spacial score (nSPS) is 18.9. The predicted molar refractivity (Wildman–Crippen MR) is 85.9 cm³/mol. The fourth-order valence-electron chi connectivity index (χ4n) is 2.97. The molecule has 5 heteroatoms. The molecule has 0 aromatic heterocycles. The minimum atomic E-state index is 0.0592. The van der Waals surface area contributed by atoms with Crippen LogP contribution in [0.25, 0.3) is 0 Å². The summed E-state index contributed by atoms with van der Waals surface area (Å²) >= 11 is 0. The van der Waals surface area contributed by atoms with Crippen LogP contribution in [0.4, 0.5) is 0 Å². The van der Waals surface area contributed by atoms with E-state index in [1.807, 2.05) is 24.3 Å². The number of piperidine rings is 1. The summed E-state index contributed by atoms with van der Waals surface area (Å²) in [4.78, 5) is 14.3. The first-order chi connectivity index (χ1) is 10.7. The lowest BCUT2D eigenvalue weighted by atomic mass is 9.99. The molecule has 22 heavy (non-hydrogen) atoms. The molecule has 1 saturated heterocycles. The van der Waals surface area contributed by atoms with Gasteiger partial charge in [0.25, 0.3) is 0 Å². The summed E-state index contributed by atoms with van der Waals surface area (Å²) in [5.74, 6) is 1.41.